The van der Waals surface area contributed by atoms with Crippen molar-refractivity contribution in [3.05, 3.63) is 46.2 Å². The van der Waals surface area contributed by atoms with E-state index in [0.29, 0.717) is 18.1 Å². The number of aliphatic hydroxyl groups excluding tert-OH is 1. The number of para-hydroxylation sites is 1. The van der Waals surface area contributed by atoms with Crippen LogP contribution < -0.4 is 5.32 Å². The molecule has 19 heavy (non-hydrogen) atoms. The average molecular weight is 280 g/mol. The molecule has 0 saturated heterocycles. The quantitative estimate of drug-likeness (QED) is 0.885. The molecule has 0 aliphatic carbocycles. The molecule has 4 nitrogen and oxygen atoms in total. The molecule has 0 bridgehead atoms. The van der Waals surface area contributed by atoms with Crippen molar-refractivity contribution >= 4 is 17.3 Å². The van der Waals surface area contributed by atoms with Gasteiger partial charge >= 0.3 is 0 Å². The highest BCUT2D eigenvalue weighted by Gasteiger charge is 2.11. The molecule has 0 aliphatic rings. The Labute approximate surface area is 118 Å². The molecule has 0 aliphatic heterocycles. The van der Waals surface area contributed by atoms with Gasteiger partial charge in [0.05, 0.1) is 29.6 Å². The minimum absolute atomic E-state index is 0.0966. The molecule has 1 aromatic heterocycles. The normalized spacial score (nSPS) is 10.7. The zero-order valence-corrected chi connectivity index (χ0v) is 11.9. The first-order valence-electron chi connectivity index (χ1n) is 6.25. The van der Waals surface area contributed by atoms with E-state index in [1.54, 1.807) is 0 Å². The largest absolute Gasteiger partial charge is 0.394 e. The van der Waals surface area contributed by atoms with Crippen LogP contribution in [0.15, 0.2) is 24.3 Å². The zero-order chi connectivity index (χ0) is 13.8. The van der Waals surface area contributed by atoms with Gasteiger partial charge in [0.2, 0.25) is 0 Å². The number of nitrogens with one attached hydrogen (secondary N) is 1. The third-order valence-electron chi connectivity index (χ3n) is 3.17. The number of nitrogens with zero attached hydrogens (tertiary/aromatic N) is 2. The number of aromatic nitrogens is 2. The van der Waals surface area contributed by atoms with Gasteiger partial charge in [0.15, 0.2) is 0 Å². The Morgan fingerprint density at radius 3 is 2.74 bits per heavy atom. The van der Waals surface area contributed by atoms with Crippen molar-refractivity contribution in [2.24, 2.45) is 0 Å². The summed E-state index contributed by atoms with van der Waals surface area (Å²) in [4.78, 5) is 0. The molecule has 102 valence electrons. The number of anilines is 1. The first kappa shape index (κ1) is 13.9. The lowest BCUT2D eigenvalue weighted by atomic mass is 10.2. The van der Waals surface area contributed by atoms with Crippen LogP contribution in [0.5, 0.6) is 0 Å². The van der Waals surface area contributed by atoms with Gasteiger partial charge in [0.1, 0.15) is 0 Å². The maximum atomic E-state index is 8.99. The zero-order valence-electron chi connectivity index (χ0n) is 11.2. The second-order valence-electron chi connectivity index (χ2n) is 4.43. The van der Waals surface area contributed by atoms with E-state index >= 15 is 0 Å². The van der Waals surface area contributed by atoms with Gasteiger partial charge in [-0.15, -0.1) is 0 Å². The number of hydrogen-bond acceptors (Lipinski definition) is 3. The van der Waals surface area contributed by atoms with Crippen molar-refractivity contribution in [2.45, 2.75) is 26.9 Å². The number of halogens is 1. The summed E-state index contributed by atoms with van der Waals surface area (Å²) in [7, 11) is 0. The number of aryl methyl sites for hydroxylation is 1. The van der Waals surface area contributed by atoms with E-state index in [-0.39, 0.29) is 6.61 Å². The Morgan fingerprint density at radius 2 is 2.05 bits per heavy atom. The molecule has 0 fully saturated rings. The van der Waals surface area contributed by atoms with Crippen LogP contribution in [0.1, 0.15) is 17.0 Å². The predicted octanol–water partition coefficient (Wildman–Crippen LogP) is 2.76. The van der Waals surface area contributed by atoms with Crippen molar-refractivity contribution < 1.29 is 5.11 Å². The van der Waals surface area contributed by atoms with Crippen molar-refractivity contribution in [1.29, 1.82) is 0 Å². The summed E-state index contributed by atoms with van der Waals surface area (Å²) in [6.45, 7) is 5.29. The molecule has 0 unspecified atom stereocenters. The van der Waals surface area contributed by atoms with E-state index in [2.05, 4.69) is 10.4 Å². The van der Waals surface area contributed by atoms with E-state index < -0.39 is 0 Å². The van der Waals surface area contributed by atoms with Crippen LogP contribution >= 0.6 is 11.6 Å². The fourth-order valence-corrected chi connectivity index (χ4v) is 2.29. The third kappa shape index (κ3) is 3.08. The Morgan fingerprint density at radius 1 is 1.32 bits per heavy atom. The van der Waals surface area contributed by atoms with Gasteiger partial charge < -0.3 is 10.4 Å². The lowest BCUT2D eigenvalue weighted by molar-refractivity contribution is 0.268. The third-order valence-corrected chi connectivity index (χ3v) is 3.50. The Bertz CT molecular complexity index is 566. The van der Waals surface area contributed by atoms with Crippen LogP contribution in [0.2, 0.25) is 5.02 Å². The molecule has 2 aromatic rings. The second-order valence-corrected chi connectivity index (χ2v) is 4.84. The lowest BCUT2D eigenvalue weighted by Crippen LogP contribution is -2.07. The van der Waals surface area contributed by atoms with Gasteiger partial charge in [-0.1, -0.05) is 23.7 Å². The molecule has 2 N–H and O–H groups in total. The molecule has 0 atom stereocenters. The SMILES string of the molecule is Cc1nn(CCO)c(C)c1CNc1ccccc1Cl. The van der Waals surface area contributed by atoms with Crippen LogP contribution in [0, 0.1) is 13.8 Å². The average Bonchev–Trinajstić information content (AvgIpc) is 2.65. The highest BCUT2D eigenvalue weighted by molar-refractivity contribution is 6.33. The van der Waals surface area contributed by atoms with E-state index in [9.17, 15) is 0 Å². The number of aliphatic hydroxyl groups is 1. The van der Waals surface area contributed by atoms with E-state index in [1.807, 2.05) is 42.8 Å². The summed E-state index contributed by atoms with van der Waals surface area (Å²) in [5.41, 5.74) is 4.11. The number of benzene rings is 1. The standard InChI is InChI=1S/C14H18ClN3O/c1-10-12(11(2)18(17-10)7-8-19)9-16-14-6-4-3-5-13(14)15/h3-6,16,19H,7-9H2,1-2H3. The fraction of sp³-hybridized carbons (Fsp3) is 0.357. The van der Waals surface area contributed by atoms with Gasteiger partial charge in [-0.2, -0.15) is 5.10 Å². The van der Waals surface area contributed by atoms with E-state index in [1.165, 1.54) is 0 Å². The lowest BCUT2D eigenvalue weighted by Gasteiger charge is -2.09. The minimum Gasteiger partial charge on any atom is -0.394 e. The molecule has 1 heterocycles. The molecule has 5 heteroatoms. The predicted molar refractivity (Wildman–Crippen MR) is 77.6 cm³/mol. The molecule has 0 amide bonds. The topological polar surface area (TPSA) is 50.1 Å². The first-order chi connectivity index (χ1) is 9.13. The maximum Gasteiger partial charge on any atom is 0.0646 e. The molecular weight excluding hydrogens is 262 g/mol. The van der Waals surface area contributed by atoms with Crippen molar-refractivity contribution in [2.75, 3.05) is 11.9 Å². The molecule has 2 rings (SSSR count). The highest BCUT2D eigenvalue weighted by Crippen LogP contribution is 2.22. The summed E-state index contributed by atoms with van der Waals surface area (Å²) >= 11 is 6.11. The van der Waals surface area contributed by atoms with Gasteiger partial charge in [-0.3, -0.25) is 4.68 Å². The Kier molecular flexibility index (Phi) is 4.45. The summed E-state index contributed by atoms with van der Waals surface area (Å²) in [6.07, 6.45) is 0. The monoisotopic (exact) mass is 279 g/mol. The van der Waals surface area contributed by atoms with Gasteiger partial charge in [-0.25, -0.2) is 0 Å². The summed E-state index contributed by atoms with van der Waals surface area (Å²) in [5, 5.41) is 17.4. The highest BCUT2D eigenvalue weighted by atomic mass is 35.5. The molecule has 1 aromatic carbocycles. The van der Waals surface area contributed by atoms with E-state index in [0.717, 1.165) is 22.6 Å². The number of hydrogen-bond donors (Lipinski definition) is 2. The smallest absolute Gasteiger partial charge is 0.0646 e. The van der Waals surface area contributed by atoms with Gasteiger partial charge in [0, 0.05) is 17.8 Å². The molecule has 0 saturated carbocycles. The summed E-state index contributed by atoms with van der Waals surface area (Å²) < 4.78 is 1.83. The van der Waals surface area contributed by atoms with Crippen molar-refractivity contribution in [3.63, 3.8) is 0 Å². The van der Waals surface area contributed by atoms with E-state index in [4.69, 9.17) is 16.7 Å². The maximum absolute atomic E-state index is 8.99. The Hall–Kier alpha value is -1.52. The van der Waals surface area contributed by atoms with Gasteiger partial charge in [-0.05, 0) is 26.0 Å². The van der Waals surface area contributed by atoms with Gasteiger partial charge in [0.25, 0.3) is 0 Å². The van der Waals surface area contributed by atoms with Crippen LogP contribution in [-0.2, 0) is 13.1 Å². The molecular formula is C14H18ClN3O. The molecule has 0 spiro atoms. The van der Waals surface area contributed by atoms with Crippen molar-refractivity contribution in [1.82, 2.24) is 9.78 Å². The number of rotatable bonds is 5. The fourth-order valence-electron chi connectivity index (χ4n) is 2.09. The summed E-state index contributed by atoms with van der Waals surface area (Å²) in [6, 6.07) is 7.66. The first-order valence-corrected chi connectivity index (χ1v) is 6.63. The minimum atomic E-state index is 0.0966. The summed E-state index contributed by atoms with van der Waals surface area (Å²) in [5.74, 6) is 0. The second kappa shape index (κ2) is 6.08. The van der Waals surface area contributed by atoms with Crippen LogP contribution in [0.3, 0.4) is 0 Å². The van der Waals surface area contributed by atoms with Crippen LogP contribution in [-0.4, -0.2) is 21.5 Å². The Balaban J connectivity index is 2.14. The van der Waals surface area contributed by atoms with Crippen molar-refractivity contribution in [3.8, 4) is 0 Å². The molecule has 0 radical (unpaired) electrons. The van der Waals surface area contributed by atoms with Crippen LogP contribution in [0.4, 0.5) is 5.69 Å². The van der Waals surface area contributed by atoms with Crippen LogP contribution in [0.25, 0.3) is 0 Å².